The summed E-state index contributed by atoms with van der Waals surface area (Å²) < 4.78 is 0. The summed E-state index contributed by atoms with van der Waals surface area (Å²) in [7, 11) is 0. The van der Waals surface area contributed by atoms with E-state index in [1.807, 2.05) is 18.2 Å². The minimum absolute atomic E-state index is 0.164. The van der Waals surface area contributed by atoms with Crippen LogP contribution in [0.15, 0.2) is 54.6 Å². The smallest absolute Gasteiger partial charge is 0.115 e. The molecule has 0 bridgehead atoms. The molecule has 2 nitrogen and oxygen atoms in total. The summed E-state index contributed by atoms with van der Waals surface area (Å²) in [6.45, 7) is 4.37. The highest BCUT2D eigenvalue weighted by Crippen LogP contribution is 2.24. The van der Waals surface area contributed by atoms with E-state index in [4.69, 9.17) is 0 Å². The van der Waals surface area contributed by atoms with Crippen molar-refractivity contribution in [3.63, 3.8) is 0 Å². The van der Waals surface area contributed by atoms with Crippen molar-refractivity contribution in [3.05, 3.63) is 65.7 Å². The first-order valence-corrected chi connectivity index (χ1v) is 6.80. The molecule has 0 aliphatic carbocycles. The van der Waals surface area contributed by atoms with Crippen LogP contribution in [-0.4, -0.2) is 11.1 Å². The average molecular weight is 255 g/mol. The Kier molecular flexibility index (Phi) is 4.58. The van der Waals surface area contributed by atoms with Crippen molar-refractivity contribution < 1.29 is 5.11 Å². The number of hydrogen-bond donors (Lipinski definition) is 2. The lowest BCUT2D eigenvalue weighted by Crippen LogP contribution is -2.30. The van der Waals surface area contributed by atoms with E-state index >= 15 is 0 Å². The summed E-state index contributed by atoms with van der Waals surface area (Å²) in [6.07, 6.45) is 1.08. The largest absolute Gasteiger partial charge is 0.508 e. The van der Waals surface area contributed by atoms with Gasteiger partial charge in [0.1, 0.15) is 5.75 Å². The van der Waals surface area contributed by atoms with Gasteiger partial charge in [0.25, 0.3) is 0 Å². The van der Waals surface area contributed by atoms with Crippen molar-refractivity contribution in [1.29, 1.82) is 0 Å². The molecule has 0 aromatic heterocycles. The first-order chi connectivity index (χ1) is 9.20. The molecule has 0 heterocycles. The van der Waals surface area contributed by atoms with Gasteiger partial charge in [-0.05, 0) is 36.6 Å². The van der Waals surface area contributed by atoms with Crippen molar-refractivity contribution >= 4 is 0 Å². The fraction of sp³-hybridized carbons (Fsp3) is 0.294. The Morgan fingerprint density at radius 3 is 2.11 bits per heavy atom. The normalized spacial score (nSPS) is 14.0. The molecule has 0 aliphatic heterocycles. The van der Waals surface area contributed by atoms with Gasteiger partial charge in [0.05, 0.1) is 6.04 Å². The maximum atomic E-state index is 9.42. The Bertz CT molecular complexity index is 492. The molecule has 100 valence electrons. The number of hydrogen-bond acceptors (Lipinski definition) is 2. The van der Waals surface area contributed by atoms with Crippen molar-refractivity contribution in [1.82, 2.24) is 5.32 Å². The Labute approximate surface area is 115 Å². The average Bonchev–Trinajstić information content (AvgIpc) is 2.46. The van der Waals surface area contributed by atoms with Crippen LogP contribution in [0.5, 0.6) is 5.75 Å². The van der Waals surface area contributed by atoms with Crippen LogP contribution < -0.4 is 5.32 Å². The molecule has 2 heteroatoms. The lowest BCUT2D eigenvalue weighted by atomic mass is 9.97. The second-order valence-corrected chi connectivity index (χ2v) is 4.91. The summed E-state index contributed by atoms with van der Waals surface area (Å²) in [4.78, 5) is 0. The summed E-state index contributed by atoms with van der Waals surface area (Å²) in [6, 6.07) is 18.4. The highest BCUT2D eigenvalue weighted by molar-refractivity contribution is 5.35. The zero-order valence-corrected chi connectivity index (χ0v) is 11.5. The zero-order valence-electron chi connectivity index (χ0n) is 11.5. The molecule has 0 fully saturated rings. The van der Waals surface area contributed by atoms with E-state index < -0.39 is 0 Å². The SMILES string of the molecule is CCC(C)NC(c1ccccc1)c1ccc(O)cc1. The van der Waals surface area contributed by atoms with Crippen molar-refractivity contribution in [3.8, 4) is 5.75 Å². The topological polar surface area (TPSA) is 32.3 Å². The first kappa shape index (κ1) is 13.6. The maximum absolute atomic E-state index is 9.42. The quantitative estimate of drug-likeness (QED) is 0.850. The molecule has 0 aliphatic rings. The first-order valence-electron chi connectivity index (χ1n) is 6.80. The van der Waals surface area contributed by atoms with E-state index in [-0.39, 0.29) is 6.04 Å². The van der Waals surface area contributed by atoms with Crippen molar-refractivity contribution in [2.24, 2.45) is 0 Å². The molecular weight excluding hydrogens is 234 g/mol. The summed E-state index contributed by atoms with van der Waals surface area (Å²) >= 11 is 0. The highest BCUT2D eigenvalue weighted by Gasteiger charge is 2.15. The highest BCUT2D eigenvalue weighted by atomic mass is 16.3. The molecule has 2 rings (SSSR count). The molecule has 2 aromatic carbocycles. The van der Waals surface area contributed by atoms with Crippen LogP contribution in [0.1, 0.15) is 37.4 Å². The predicted octanol–water partition coefficient (Wildman–Crippen LogP) is 3.87. The number of aromatic hydroxyl groups is 1. The molecule has 2 aromatic rings. The number of phenols is 1. The molecule has 0 saturated carbocycles. The minimum atomic E-state index is 0.164. The minimum Gasteiger partial charge on any atom is -0.508 e. The Balaban J connectivity index is 2.31. The van der Waals surface area contributed by atoms with Crippen LogP contribution in [-0.2, 0) is 0 Å². The van der Waals surface area contributed by atoms with E-state index in [0.29, 0.717) is 11.8 Å². The fourth-order valence-corrected chi connectivity index (χ4v) is 2.10. The molecule has 0 spiro atoms. The number of phenolic OH excluding ortho intramolecular Hbond substituents is 1. The van der Waals surface area contributed by atoms with Crippen LogP contribution >= 0.6 is 0 Å². The third-order valence-electron chi connectivity index (χ3n) is 3.42. The van der Waals surface area contributed by atoms with E-state index in [1.165, 1.54) is 11.1 Å². The number of benzene rings is 2. The van der Waals surface area contributed by atoms with E-state index in [2.05, 4.69) is 43.4 Å². The Hall–Kier alpha value is -1.80. The number of nitrogens with one attached hydrogen (secondary N) is 1. The Morgan fingerprint density at radius 1 is 0.947 bits per heavy atom. The standard InChI is InChI=1S/C17H21NO/c1-3-13(2)18-17(14-7-5-4-6-8-14)15-9-11-16(19)12-10-15/h4-13,17-19H,3H2,1-2H3. The lowest BCUT2D eigenvalue weighted by molar-refractivity contribution is 0.471. The molecule has 2 N–H and O–H groups in total. The third kappa shape index (κ3) is 3.58. The second-order valence-electron chi connectivity index (χ2n) is 4.91. The van der Waals surface area contributed by atoms with E-state index in [1.54, 1.807) is 12.1 Å². The van der Waals surface area contributed by atoms with Crippen LogP contribution in [0.3, 0.4) is 0 Å². The number of rotatable bonds is 5. The molecule has 0 amide bonds. The van der Waals surface area contributed by atoms with Crippen LogP contribution in [0.2, 0.25) is 0 Å². The summed E-state index contributed by atoms with van der Waals surface area (Å²) in [5.41, 5.74) is 2.41. The van der Waals surface area contributed by atoms with Gasteiger partial charge < -0.3 is 10.4 Å². The zero-order chi connectivity index (χ0) is 13.7. The summed E-state index contributed by atoms with van der Waals surface area (Å²) in [5, 5.41) is 13.1. The molecule has 19 heavy (non-hydrogen) atoms. The van der Waals surface area contributed by atoms with Gasteiger partial charge >= 0.3 is 0 Å². The molecule has 2 atom stereocenters. The lowest BCUT2D eigenvalue weighted by Gasteiger charge is -2.23. The van der Waals surface area contributed by atoms with Gasteiger partial charge in [0, 0.05) is 6.04 Å². The predicted molar refractivity (Wildman–Crippen MR) is 79.3 cm³/mol. The van der Waals surface area contributed by atoms with Gasteiger partial charge in [-0.3, -0.25) is 0 Å². The van der Waals surface area contributed by atoms with Gasteiger partial charge in [0.2, 0.25) is 0 Å². The van der Waals surface area contributed by atoms with Gasteiger partial charge in [-0.15, -0.1) is 0 Å². The van der Waals surface area contributed by atoms with E-state index in [0.717, 1.165) is 6.42 Å². The van der Waals surface area contributed by atoms with Crippen LogP contribution in [0.25, 0.3) is 0 Å². The van der Waals surface area contributed by atoms with Gasteiger partial charge in [0.15, 0.2) is 0 Å². The van der Waals surface area contributed by atoms with Crippen molar-refractivity contribution in [2.45, 2.75) is 32.4 Å². The van der Waals surface area contributed by atoms with Gasteiger partial charge in [-0.2, -0.15) is 0 Å². The Morgan fingerprint density at radius 2 is 1.53 bits per heavy atom. The summed E-state index contributed by atoms with van der Waals surface area (Å²) in [5.74, 6) is 0.305. The second kappa shape index (κ2) is 6.39. The molecule has 2 unspecified atom stereocenters. The van der Waals surface area contributed by atoms with Crippen molar-refractivity contribution in [2.75, 3.05) is 0 Å². The fourth-order valence-electron chi connectivity index (χ4n) is 2.10. The van der Waals surface area contributed by atoms with Gasteiger partial charge in [-0.25, -0.2) is 0 Å². The van der Waals surface area contributed by atoms with E-state index in [9.17, 15) is 5.11 Å². The maximum Gasteiger partial charge on any atom is 0.115 e. The van der Waals surface area contributed by atoms with Gasteiger partial charge in [-0.1, -0.05) is 49.4 Å². The molecule has 0 radical (unpaired) electrons. The third-order valence-corrected chi connectivity index (χ3v) is 3.42. The molecule has 0 saturated heterocycles. The van der Waals surface area contributed by atoms with Crippen LogP contribution in [0.4, 0.5) is 0 Å². The van der Waals surface area contributed by atoms with Crippen LogP contribution in [0, 0.1) is 0 Å². The monoisotopic (exact) mass is 255 g/mol. The molecular formula is C17H21NO.